The number of halogens is 1. The zero-order valence-corrected chi connectivity index (χ0v) is 11.1. The minimum absolute atomic E-state index is 0.0776. The van der Waals surface area contributed by atoms with Crippen LogP contribution in [0.25, 0.3) is 0 Å². The quantitative estimate of drug-likeness (QED) is 0.790. The van der Waals surface area contributed by atoms with Crippen LogP contribution in [0.4, 0.5) is 0 Å². The lowest BCUT2D eigenvalue weighted by Crippen LogP contribution is -2.36. The molecule has 0 saturated carbocycles. The van der Waals surface area contributed by atoms with Crippen LogP contribution in [0.5, 0.6) is 0 Å². The highest BCUT2D eigenvalue weighted by atomic mass is 35.5. The van der Waals surface area contributed by atoms with Crippen molar-refractivity contribution in [2.75, 3.05) is 27.2 Å². The number of nitrogens with zero attached hydrogens (tertiary/aromatic N) is 4. The van der Waals surface area contributed by atoms with E-state index in [0.29, 0.717) is 18.2 Å². The van der Waals surface area contributed by atoms with Crippen molar-refractivity contribution in [1.29, 1.82) is 0 Å². The topological polar surface area (TPSA) is 49.3 Å². The van der Waals surface area contributed by atoms with Crippen molar-refractivity contribution in [3.63, 3.8) is 0 Å². The fourth-order valence-corrected chi connectivity index (χ4v) is 1.37. The van der Waals surface area contributed by atoms with Crippen molar-refractivity contribution in [3.05, 3.63) is 23.0 Å². The Morgan fingerprint density at radius 1 is 1.35 bits per heavy atom. The molecule has 0 spiro atoms. The molecule has 0 aliphatic heterocycles. The summed E-state index contributed by atoms with van der Waals surface area (Å²) in [5, 5.41) is 8.12. The average molecular weight is 257 g/mol. The molecule has 0 aromatic carbocycles. The van der Waals surface area contributed by atoms with Gasteiger partial charge in [-0.05, 0) is 18.7 Å². The number of carbonyl (C=O) groups excluding carboxylic acids is 1. The molecule has 0 N–H and O–H groups in total. The SMILES string of the molecule is CCN(CC(=O)N(C)C)Cc1ccc(Cl)nn1. The van der Waals surface area contributed by atoms with Gasteiger partial charge >= 0.3 is 0 Å². The number of hydrogen-bond acceptors (Lipinski definition) is 4. The summed E-state index contributed by atoms with van der Waals surface area (Å²) < 4.78 is 0. The molecule has 1 aromatic rings. The first-order valence-corrected chi connectivity index (χ1v) is 5.81. The fraction of sp³-hybridized carbons (Fsp3) is 0.545. The van der Waals surface area contributed by atoms with Crippen molar-refractivity contribution in [1.82, 2.24) is 20.0 Å². The van der Waals surface area contributed by atoms with E-state index in [1.54, 1.807) is 25.1 Å². The molecule has 17 heavy (non-hydrogen) atoms. The van der Waals surface area contributed by atoms with Gasteiger partial charge in [0.1, 0.15) is 0 Å². The molecule has 0 aliphatic rings. The smallest absolute Gasteiger partial charge is 0.236 e. The van der Waals surface area contributed by atoms with Gasteiger partial charge < -0.3 is 4.90 Å². The second-order valence-electron chi connectivity index (χ2n) is 3.94. The van der Waals surface area contributed by atoms with E-state index in [1.807, 2.05) is 17.9 Å². The Balaban J connectivity index is 2.57. The zero-order valence-electron chi connectivity index (χ0n) is 10.4. The van der Waals surface area contributed by atoms with E-state index in [-0.39, 0.29) is 5.91 Å². The van der Waals surface area contributed by atoms with Crippen LogP contribution in [-0.4, -0.2) is 53.1 Å². The van der Waals surface area contributed by atoms with E-state index < -0.39 is 0 Å². The van der Waals surface area contributed by atoms with E-state index >= 15 is 0 Å². The summed E-state index contributed by atoms with van der Waals surface area (Å²) in [5.74, 6) is 0.0776. The summed E-state index contributed by atoms with van der Waals surface area (Å²) in [6.45, 7) is 3.77. The highest BCUT2D eigenvalue weighted by molar-refractivity contribution is 6.29. The molecule has 1 heterocycles. The lowest BCUT2D eigenvalue weighted by atomic mass is 10.3. The molecule has 0 atom stereocenters. The summed E-state index contributed by atoms with van der Waals surface area (Å²) in [4.78, 5) is 15.2. The third kappa shape index (κ3) is 4.66. The van der Waals surface area contributed by atoms with Gasteiger partial charge in [0.25, 0.3) is 0 Å². The lowest BCUT2D eigenvalue weighted by molar-refractivity contribution is -0.130. The first-order chi connectivity index (χ1) is 8.02. The van der Waals surface area contributed by atoms with Gasteiger partial charge in [0.05, 0.1) is 12.2 Å². The second-order valence-corrected chi connectivity index (χ2v) is 4.33. The third-order valence-electron chi connectivity index (χ3n) is 2.38. The molecule has 6 heteroatoms. The van der Waals surface area contributed by atoms with Gasteiger partial charge in [-0.25, -0.2) is 0 Å². The molecule has 0 unspecified atom stereocenters. The normalized spacial score (nSPS) is 10.6. The van der Waals surface area contributed by atoms with Gasteiger partial charge in [0.15, 0.2) is 5.15 Å². The molecule has 1 aromatic heterocycles. The number of carbonyl (C=O) groups is 1. The zero-order chi connectivity index (χ0) is 12.8. The van der Waals surface area contributed by atoms with E-state index in [4.69, 9.17) is 11.6 Å². The van der Waals surface area contributed by atoms with E-state index in [0.717, 1.165) is 12.2 Å². The Labute approximate surface area is 106 Å². The van der Waals surface area contributed by atoms with Gasteiger partial charge in [0, 0.05) is 20.6 Å². The molecular weight excluding hydrogens is 240 g/mol. The Morgan fingerprint density at radius 3 is 2.53 bits per heavy atom. The van der Waals surface area contributed by atoms with Crippen molar-refractivity contribution in [3.8, 4) is 0 Å². The van der Waals surface area contributed by atoms with Gasteiger partial charge in [-0.2, -0.15) is 5.10 Å². The van der Waals surface area contributed by atoms with Crippen molar-refractivity contribution >= 4 is 17.5 Å². The van der Waals surface area contributed by atoms with Gasteiger partial charge in [0.2, 0.25) is 5.91 Å². The van der Waals surface area contributed by atoms with Gasteiger partial charge in [-0.3, -0.25) is 9.69 Å². The number of likely N-dealkylation sites (N-methyl/N-ethyl adjacent to an activating group) is 2. The summed E-state index contributed by atoms with van der Waals surface area (Å²) in [6.07, 6.45) is 0. The largest absolute Gasteiger partial charge is 0.348 e. The Kier molecular flexibility index (Phi) is 5.31. The number of amides is 1. The van der Waals surface area contributed by atoms with Crippen LogP contribution in [0.1, 0.15) is 12.6 Å². The Morgan fingerprint density at radius 2 is 2.06 bits per heavy atom. The predicted molar refractivity (Wildman–Crippen MR) is 66.7 cm³/mol. The van der Waals surface area contributed by atoms with E-state index in [1.165, 1.54) is 0 Å². The molecule has 0 aliphatic carbocycles. The summed E-state index contributed by atoms with van der Waals surface area (Å²) in [6, 6.07) is 3.52. The maximum absolute atomic E-state index is 11.6. The second kappa shape index (κ2) is 6.51. The van der Waals surface area contributed by atoms with Crippen molar-refractivity contribution < 1.29 is 4.79 Å². The fourth-order valence-electron chi connectivity index (χ4n) is 1.27. The standard InChI is InChI=1S/C11H17ClN4O/c1-4-16(8-11(17)15(2)3)7-9-5-6-10(12)14-13-9/h5-6H,4,7-8H2,1-3H3. The molecule has 1 rings (SSSR count). The van der Waals surface area contributed by atoms with Crippen LogP contribution in [0.15, 0.2) is 12.1 Å². The summed E-state index contributed by atoms with van der Waals surface area (Å²) in [7, 11) is 3.50. The number of rotatable bonds is 5. The van der Waals surface area contributed by atoms with Gasteiger partial charge in [-0.1, -0.05) is 18.5 Å². The molecule has 0 saturated heterocycles. The maximum atomic E-state index is 11.6. The van der Waals surface area contributed by atoms with Crippen molar-refractivity contribution in [2.45, 2.75) is 13.5 Å². The monoisotopic (exact) mass is 256 g/mol. The van der Waals surface area contributed by atoms with Gasteiger partial charge in [-0.15, -0.1) is 5.10 Å². The van der Waals surface area contributed by atoms with Crippen LogP contribution in [0.2, 0.25) is 5.15 Å². The highest BCUT2D eigenvalue weighted by Gasteiger charge is 2.11. The average Bonchev–Trinajstić information content (AvgIpc) is 2.30. The Bertz CT molecular complexity index is 366. The maximum Gasteiger partial charge on any atom is 0.236 e. The minimum Gasteiger partial charge on any atom is -0.348 e. The van der Waals surface area contributed by atoms with Crippen LogP contribution in [0.3, 0.4) is 0 Å². The molecular formula is C11H17ClN4O. The van der Waals surface area contributed by atoms with Crippen LogP contribution in [0, 0.1) is 0 Å². The molecule has 1 amide bonds. The van der Waals surface area contributed by atoms with E-state index in [9.17, 15) is 4.79 Å². The number of hydrogen-bond donors (Lipinski definition) is 0. The summed E-state index contributed by atoms with van der Waals surface area (Å²) in [5.41, 5.74) is 0.808. The summed E-state index contributed by atoms with van der Waals surface area (Å²) >= 11 is 5.66. The van der Waals surface area contributed by atoms with E-state index in [2.05, 4.69) is 10.2 Å². The molecule has 0 bridgehead atoms. The van der Waals surface area contributed by atoms with Crippen molar-refractivity contribution in [2.24, 2.45) is 0 Å². The minimum atomic E-state index is 0.0776. The predicted octanol–water partition coefficient (Wildman–Crippen LogP) is 1.04. The highest BCUT2D eigenvalue weighted by Crippen LogP contribution is 2.05. The first kappa shape index (κ1) is 13.9. The van der Waals surface area contributed by atoms with Crippen LogP contribution in [-0.2, 0) is 11.3 Å². The molecule has 0 radical (unpaired) electrons. The Hall–Kier alpha value is -1.20. The molecule has 5 nitrogen and oxygen atoms in total. The lowest BCUT2D eigenvalue weighted by Gasteiger charge is -2.21. The molecule has 0 fully saturated rings. The molecule has 94 valence electrons. The van der Waals surface area contributed by atoms with Crippen LogP contribution >= 0.6 is 11.6 Å². The third-order valence-corrected chi connectivity index (χ3v) is 2.58. The first-order valence-electron chi connectivity index (χ1n) is 5.43. The number of aromatic nitrogens is 2. The van der Waals surface area contributed by atoms with Crippen LogP contribution < -0.4 is 0 Å².